The van der Waals surface area contributed by atoms with Crippen molar-refractivity contribution in [2.24, 2.45) is 0 Å². The van der Waals surface area contributed by atoms with Gasteiger partial charge in [0, 0.05) is 18.7 Å². The van der Waals surface area contributed by atoms with Crippen molar-refractivity contribution >= 4 is 5.91 Å². The number of aliphatic hydroxyl groups is 1. The molecule has 4 heteroatoms. The molecule has 1 aliphatic rings. The normalized spacial score (nSPS) is 19.7. The van der Waals surface area contributed by atoms with Crippen LogP contribution in [0.4, 0.5) is 0 Å². The van der Waals surface area contributed by atoms with E-state index in [0.717, 1.165) is 24.2 Å². The summed E-state index contributed by atoms with van der Waals surface area (Å²) in [7, 11) is 1.60. The molecule has 1 saturated heterocycles. The van der Waals surface area contributed by atoms with Crippen LogP contribution in [0, 0.1) is 6.92 Å². The van der Waals surface area contributed by atoms with Crippen LogP contribution in [-0.2, 0) is 0 Å². The number of rotatable bonds is 2. The molecular weight excluding hydrogens is 230 g/mol. The van der Waals surface area contributed by atoms with Crippen LogP contribution >= 0.6 is 0 Å². The highest BCUT2D eigenvalue weighted by molar-refractivity contribution is 5.94. The van der Waals surface area contributed by atoms with Crippen LogP contribution in [0.15, 0.2) is 18.2 Å². The first-order chi connectivity index (χ1) is 8.61. The third kappa shape index (κ3) is 2.64. The van der Waals surface area contributed by atoms with Gasteiger partial charge in [0.2, 0.25) is 0 Å². The van der Waals surface area contributed by atoms with Crippen molar-refractivity contribution in [1.82, 2.24) is 4.90 Å². The van der Waals surface area contributed by atoms with Crippen LogP contribution in [0.1, 0.15) is 28.8 Å². The topological polar surface area (TPSA) is 49.8 Å². The Kier molecular flexibility index (Phi) is 3.87. The summed E-state index contributed by atoms with van der Waals surface area (Å²) < 4.78 is 5.22. The van der Waals surface area contributed by atoms with Crippen molar-refractivity contribution in [3.8, 4) is 5.75 Å². The maximum absolute atomic E-state index is 12.3. The highest BCUT2D eigenvalue weighted by atomic mass is 16.5. The summed E-state index contributed by atoms with van der Waals surface area (Å²) in [6, 6.07) is 5.45. The van der Waals surface area contributed by atoms with Crippen LogP contribution in [-0.4, -0.2) is 42.2 Å². The predicted octanol–water partition coefficient (Wildman–Crippen LogP) is 1.60. The maximum Gasteiger partial charge on any atom is 0.254 e. The highest BCUT2D eigenvalue weighted by Gasteiger charge is 2.23. The number of likely N-dealkylation sites (tertiary alicyclic amines) is 1. The standard InChI is InChI=1S/C14H19NO3/c1-10-5-6-11(8-13(10)18-2)14(17)15-7-3-4-12(16)9-15/h5-6,8,12,16H,3-4,7,9H2,1-2H3. The molecular formula is C14H19NO3. The van der Waals surface area contributed by atoms with Gasteiger partial charge in [-0.1, -0.05) is 6.07 Å². The molecule has 0 radical (unpaired) electrons. The number of amides is 1. The number of β-amino-alcohol motifs (C(OH)–C–C–N with tert-alkyl or cyclic N) is 1. The lowest BCUT2D eigenvalue weighted by atomic mass is 10.1. The maximum atomic E-state index is 12.3. The summed E-state index contributed by atoms with van der Waals surface area (Å²) in [4.78, 5) is 14.0. The fourth-order valence-electron chi connectivity index (χ4n) is 2.27. The molecule has 1 atom stereocenters. The Balaban J connectivity index is 2.17. The third-order valence-corrected chi connectivity index (χ3v) is 3.34. The summed E-state index contributed by atoms with van der Waals surface area (Å²) in [5.41, 5.74) is 1.62. The Labute approximate surface area is 107 Å². The molecule has 1 amide bonds. The van der Waals surface area contributed by atoms with Crippen LogP contribution < -0.4 is 4.74 Å². The molecule has 1 aromatic rings. The fraction of sp³-hybridized carbons (Fsp3) is 0.500. The minimum Gasteiger partial charge on any atom is -0.496 e. The Hall–Kier alpha value is -1.55. The van der Waals surface area contributed by atoms with Crippen molar-refractivity contribution in [1.29, 1.82) is 0 Å². The van der Waals surface area contributed by atoms with Gasteiger partial charge in [-0.05, 0) is 37.5 Å². The van der Waals surface area contributed by atoms with Gasteiger partial charge in [0.05, 0.1) is 13.2 Å². The number of methoxy groups -OCH3 is 1. The van der Waals surface area contributed by atoms with Crippen molar-refractivity contribution in [3.05, 3.63) is 29.3 Å². The van der Waals surface area contributed by atoms with E-state index in [-0.39, 0.29) is 5.91 Å². The summed E-state index contributed by atoms with van der Waals surface area (Å²) in [5, 5.41) is 9.60. The Morgan fingerprint density at radius 3 is 2.94 bits per heavy atom. The number of hydrogen-bond donors (Lipinski definition) is 1. The van der Waals surface area contributed by atoms with Crippen molar-refractivity contribution < 1.29 is 14.6 Å². The second-order valence-electron chi connectivity index (χ2n) is 4.73. The van der Waals surface area contributed by atoms with Gasteiger partial charge in [-0.15, -0.1) is 0 Å². The number of ether oxygens (including phenoxy) is 1. The molecule has 1 heterocycles. The van der Waals surface area contributed by atoms with E-state index in [1.54, 1.807) is 24.1 Å². The van der Waals surface area contributed by atoms with E-state index in [1.807, 2.05) is 13.0 Å². The van der Waals surface area contributed by atoms with Gasteiger partial charge >= 0.3 is 0 Å². The molecule has 1 N–H and O–H groups in total. The van der Waals surface area contributed by atoms with Crippen molar-refractivity contribution in [2.75, 3.05) is 20.2 Å². The molecule has 2 rings (SSSR count). The van der Waals surface area contributed by atoms with E-state index < -0.39 is 6.10 Å². The lowest BCUT2D eigenvalue weighted by Crippen LogP contribution is -2.42. The molecule has 1 aromatic carbocycles. The highest BCUT2D eigenvalue weighted by Crippen LogP contribution is 2.21. The molecule has 0 saturated carbocycles. The van der Waals surface area contributed by atoms with E-state index in [4.69, 9.17) is 4.74 Å². The monoisotopic (exact) mass is 249 g/mol. The predicted molar refractivity (Wildman–Crippen MR) is 68.9 cm³/mol. The van der Waals surface area contributed by atoms with Gasteiger partial charge in [0.25, 0.3) is 5.91 Å². The summed E-state index contributed by atoms with van der Waals surface area (Å²) in [6.45, 7) is 3.08. The lowest BCUT2D eigenvalue weighted by Gasteiger charge is -2.30. The molecule has 0 aliphatic carbocycles. The van der Waals surface area contributed by atoms with Crippen LogP contribution in [0.5, 0.6) is 5.75 Å². The zero-order chi connectivity index (χ0) is 13.1. The molecule has 4 nitrogen and oxygen atoms in total. The first-order valence-corrected chi connectivity index (χ1v) is 6.24. The Bertz CT molecular complexity index is 445. The second-order valence-corrected chi connectivity index (χ2v) is 4.73. The molecule has 1 unspecified atom stereocenters. The Morgan fingerprint density at radius 2 is 2.28 bits per heavy atom. The van der Waals surface area contributed by atoms with Gasteiger partial charge in [-0.3, -0.25) is 4.79 Å². The molecule has 98 valence electrons. The SMILES string of the molecule is COc1cc(C(=O)N2CCCC(O)C2)ccc1C. The van der Waals surface area contributed by atoms with Gasteiger partial charge in [0.15, 0.2) is 0 Å². The first kappa shape index (κ1) is 12.9. The van der Waals surface area contributed by atoms with E-state index in [1.165, 1.54) is 0 Å². The average Bonchev–Trinajstić information content (AvgIpc) is 2.38. The number of aliphatic hydroxyl groups excluding tert-OH is 1. The van der Waals surface area contributed by atoms with E-state index in [2.05, 4.69) is 0 Å². The van der Waals surface area contributed by atoms with Crippen molar-refractivity contribution in [3.63, 3.8) is 0 Å². The minimum atomic E-state index is -0.393. The van der Waals surface area contributed by atoms with Gasteiger partial charge in [-0.2, -0.15) is 0 Å². The smallest absolute Gasteiger partial charge is 0.254 e. The number of nitrogens with zero attached hydrogens (tertiary/aromatic N) is 1. The number of aryl methyl sites for hydroxylation is 1. The first-order valence-electron chi connectivity index (χ1n) is 6.24. The number of carbonyl (C=O) groups is 1. The molecule has 1 aliphatic heterocycles. The van der Waals surface area contributed by atoms with Crippen LogP contribution in [0.25, 0.3) is 0 Å². The zero-order valence-corrected chi connectivity index (χ0v) is 10.8. The lowest BCUT2D eigenvalue weighted by molar-refractivity contribution is 0.0473. The molecule has 18 heavy (non-hydrogen) atoms. The molecule has 1 fully saturated rings. The molecule has 0 aromatic heterocycles. The third-order valence-electron chi connectivity index (χ3n) is 3.34. The quantitative estimate of drug-likeness (QED) is 0.866. The van der Waals surface area contributed by atoms with Crippen molar-refractivity contribution in [2.45, 2.75) is 25.9 Å². The van der Waals surface area contributed by atoms with Gasteiger partial charge in [-0.25, -0.2) is 0 Å². The largest absolute Gasteiger partial charge is 0.496 e. The average molecular weight is 249 g/mol. The number of hydrogen-bond acceptors (Lipinski definition) is 3. The molecule has 0 spiro atoms. The van der Waals surface area contributed by atoms with E-state index in [0.29, 0.717) is 18.7 Å². The zero-order valence-electron chi connectivity index (χ0n) is 10.8. The Morgan fingerprint density at radius 1 is 1.50 bits per heavy atom. The minimum absolute atomic E-state index is 0.0351. The van der Waals surface area contributed by atoms with Crippen LogP contribution in [0.3, 0.4) is 0 Å². The molecule has 0 bridgehead atoms. The van der Waals surface area contributed by atoms with E-state index >= 15 is 0 Å². The van der Waals surface area contributed by atoms with E-state index in [9.17, 15) is 9.90 Å². The number of carbonyl (C=O) groups excluding carboxylic acids is 1. The van der Waals surface area contributed by atoms with Gasteiger partial charge < -0.3 is 14.7 Å². The second kappa shape index (κ2) is 5.40. The number of benzene rings is 1. The summed E-state index contributed by atoms with van der Waals surface area (Å²) in [5.74, 6) is 0.686. The van der Waals surface area contributed by atoms with Crippen LogP contribution in [0.2, 0.25) is 0 Å². The van der Waals surface area contributed by atoms with Gasteiger partial charge in [0.1, 0.15) is 5.75 Å². The fourth-order valence-corrected chi connectivity index (χ4v) is 2.27. The summed E-state index contributed by atoms with van der Waals surface area (Å²) >= 11 is 0. The number of piperidine rings is 1. The summed E-state index contributed by atoms with van der Waals surface area (Å²) in [6.07, 6.45) is 1.24.